The molecule has 7 heteroatoms. The summed E-state index contributed by atoms with van der Waals surface area (Å²) in [6.07, 6.45) is 1.98. The molecule has 32 heavy (non-hydrogen) atoms. The molecule has 162 valence electrons. The summed E-state index contributed by atoms with van der Waals surface area (Å²) in [4.78, 5) is 9.31. The van der Waals surface area contributed by atoms with Gasteiger partial charge in [0.1, 0.15) is 5.82 Å². The molecule has 3 aromatic carbocycles. The van der Waals surface area contributed by atoms with Crippen LogP contribution in [0.5, 0.6) is 0 Å². The van der Waals surface area contributed by atoms with E-state index in [4.69, 9.17) is 4.99 Å². The van der Waals surface area contributed by atoms with Crippen molar-refractivity contribution in [3.8, 4) is 0 Å². The second-order valence-corrected chi connectivity index (χ2v) is 9.75. The molecular weight excluding hydrogens is 439 g/mol. The van der Waals surface area contributed by atoms with Crippen LogP contribution in [0.3, 0.4) is 0 Å². The minimum atomic E-state index is -0.228. The molecule has 1 aromatic heterocycles. The third-order valence-electron chi connectivity index (χ3n) is 5.35. The number of nitrogens with one attached hydrogen (secondary N) is 2. The van der Waals surface area contributed by atoms with Gasteiger partial charge < -0.3 is 10.6 Å². The zero-order valence-electron chi connectivity index (χ0n) is 17.4. The molecule has 1 unspecified atom stereocenters. The number of anilines is 1. The van der Waals surface area contributed by atoms with Gasteiger partial charge in [-0.15, -0.1) is 0 Å². The first-order chi connectivity index (χ1) is 15.7. The third kappa shape index (κ3) is 5.11. The quantitative estimate of drug-likeness (QED) is 0.341. The van der Waals surface area contributed by atoms with Crippen LogP contribution in [0.2, 0.25) is 0 Å². The predicted octanol–water partition coefficient (Wildman–Crippen LogP) is 6.55. The molecule has 0 aliphatic carbocycles. The van der Waals surface area contributed by atoms with E-state index in [0.717, 1.165) is 51.3 Å². The van der Waals surface area contributed by atoms with Crippen molar-refractivity contribution in [1.29, 1.82) is 0 Å². The summed E-state index contributed by atoms with van der Waals surface area (Å²) < 4.78 is 14.2. The second kappa shape index (κ2) is 9.71. The first-order valence-electron chi connectivity index (χ1n) is 10.6. The Kier molecular flexibility index (Phi) is 6.36. The number of thiazole rings is 1. The predicted molar refractivity (Wildman–Crippen MR) is 135 cm³/mol. The van der Waals surface area contributed by atoms with Gasteiger partial charge in [-0.2, -0.15) is 0 Å². The van der Waals surface area contributed by atoms with Gasteiger partial charge in [0.2, 0.25) is 0 Å². The maximum Gasteiger partial charge on any atom is 0.183 e. The first-order valence-corrected chi connectivity index (χ1v) is 12.4. The van der Waals surface area contributed by atoms with Crippen LogP contribution in [-0.2, 0) is 6.42 Å². The highest BCUT2D eigenvalue weighted by molar-refractivity contribution is 8.13. The maximum absolute atomic E-state index is 13.3. The molecule has 4 aromatic rings. The van der Waals surface area contributed by atoms with Gasteiger partial charge in [-0.3, -0.25) is 0 Å². The maximum atomic E-state index is 13.3. The molecule has 1 fully saturated rings. The Morgan fingerprint density at radius 3 is 2.75 bits per heavy atom. The van der Waals surface area contributed by atoms with Gasteiger partial charge in [0.25, 0.3) is 0 Å². The number of hydrogen-bond donors (Lipinski definition) is 2. The van der Waals surface area contributed by atoms with Gasteiger partial charge in [0.15, 0.2) is 10.3 Å². The van der Waals surface area contributed by atoms with Crippen LogP contribution >= 0.6 is 23.1 Å². The highest BCUT2D eigenvalue weighted by Gasteiger charge is 2.18. The number of thioether (sulfide) groups is 1. The molecule has 0 spiro atoms. The van der Waals surface area contributed by atoms with Gasteiger partial charge in [-0.05, 0) is 54.3 Å². The van der Waals surface area contributed by atoms with Gasteiger partial charge in [0, 0.05) is 12.3 Å². The van der Waals surface area contributed by atoms with Crippen molar-refractivity contribution in [3.05, 3.63) is 89.7 Å². The van der Waals surface area contributed by atoms with Crippen molar-refractivity contribution in [1.82, 2.24) is 10.3 Å². The van der Waals surface area contributed by atoms with Crippen molar-refractivity contribution in [2.24, 2.45) is 4.99 Å². The molecule has 1 aliphatic rings. The van der Waals surface area contributed by atoms with Crippen molar-refractivity contribution in [2.45, 2.75) is 18.9 Å². The Labute approximate surface area is 195 Å². The van der Waals surface area contributed by atoms with Gasteiger partial charge in [-0.25, -0.2) is 14.4 Å². The summed E-state index contributed by atoms with van der Waals surface area (Å²) in [5, 5.41) is 8.72. The largest absolute Gasteiger partial charge is 0.361 e. The topological polar surface area (TPSA) is 49.3 Å². The number of halogens is 1. The fourth-order valence-electron chi connectivity index (χ4n) is 3.68. The third-order valence-corrected chi connectivity index (χ3v) is 7.25. The standard InChI is InChI=1S/C25H23FN4S2/c26-19-8-11-22-23(16-19)32-24(30-22)27-14-12-17-6-9-20(10-7-17)28-25-29-21(13-15-31-25)18-4-2-1-3-5-18/h1-11,16,21H,12-15H2,(H,27,30)(H,28,29). The lowest BCUT2D eigenvalue weighted by molar-refractivity contribution is 0.628. The highest BCUT2D eigenvalue weighted by Crippen LogP contribution is 2.28. The molecule has 1 atom stereocenters. The molecule has 1 aliphatic heterocycles. The van der Waals surface area contributed by atoms with Gasteiger partial charge >= 0.3 is 0 Å². The number of nitrogens with zero attached hydrogens (tertiary/aromatic N) is 2. The Morgan fingerprint density at radius 2 is 1.91 bits per heavy atom. The molecule has 1 saturated heterocycles. The van der Waals surface area contributed by atoms with Crippen molar-refractivity contribution >= 4 is 49.3 Å². The number of hydrogen-bond acceptors (Lipinski definition) is 5. The van der Waals surface area contributed by atoms with Crippen LogP contribution in [0.1, 0.15) is 23.6 Å². The van der Waals surface area contributed by atoms with Crippen LogP contribution < -0.4 is 10.6 Å². The Bertz CT molecular complexity index is 1220. The van der Waals surface area contributed by atoms with Crippen LogP contribution in [0.4, 0.5) is 15.2 Å². The molecule has 2 N–H and O–H groups in total. The smallest absolute Gasteiger partial charge is 0.183 e. The Morgan fingerprint density at radius 1 is 1.06 bits per heavy atom. The van der Waals surface area contributed by atoms with Gasteiger partial charge in [0.05, 0.1) is 21.9 Å². The van der Waals surface area contributed by atoms with E-state index in [-0.39, 0.29) is 5.82 Å². The second-order valence-electron chi connectivity index (χ2n) is 7.64. The summed E-state index contributed by atoms with van der Waals surface area (Å²) in [7, 11) is 0. The number of amidine groups is 1. The van der Waals surface area contributed by atoms with E-state index < -0.39 is 0 Å². The van der Waals surface area contributed by atoms with Crippen LogP contribution in [0.25, 0.3) is 10.2 Å². The van der Waals surface area contributed by atoms with Crippen LogP contribution in [0.15, 0.2) is 77.8 Å². The molecule has 4 nitrogen and oxygen atoms in total. The summed E-state index contributed by atoms with van der Waals surface area (Å²) in [6.45, 7) is 0.770. The van der Waals surface area contributed by atoms with E-state index in [1.165, 1.54) is 34.6 Å². The molecule has 2 heterocycles. The lowest BCUT2D eigenvalue weighted by Crippen LogP contribution is -2.31. The normalized spacial score (nSPS) is 17.4. The lowest BCUT2D eigenvalue weighted by Gasteiger charge is -2.25. The fourth-order valence-corrected chi connectivity index (χ4v) is 5.54. The number of benzene rings is 3. The molecule has 0 amide bonds. The molecule has 0 bridgehead atoms. The SMILES string of the molecule is Fc1ccc2nc(NCCc3ccc(/N=C4/NC(c5ccccc5)CCS4)cc3)sc2c1. The summed E-state index contributed by atoms with van der Waals surface area (Å²) in [6, 6.07) is 23.9. The summed E-state index contributed by atoms with van der Waals surface area (Å²) in [5.41, 5.74) is 4.33. The summed E-state index contributed by atoms with van der Waals surface area (Å²) >= 11 is 3.25. The van der Waals surface area contributed by atoms with E-state index in [1.807, 2.05) is 6.07 Å². The first kappa shape index (κ1) is 21.0. The minimum Gasteiger partial charge on any atom is -0.361 e. The molecule has 5 rings (SSSR count). The minimum absolute atomic E-state index is 0.228. The van der Waals surface area contributed by atoms with Crippen molar-refractivity contribution in [2.75, 3.05) is 17.6 Å². The molecule has 0 saturated carbocycles. The summed E-state index contributed by atoms with van der Waals surface area (Å²) in [5.74, 6) is 0.835. The van der Waals surface area contributed by atoms with Crippen LogP contribution in [-0.4, -0.2) is 22.4 Å². The van der Waals surface area contributed by atoms with Crippen molar-refractivity contribution in [3.63, 3.8) is 0 Å². The van der Waals surface area contributed by atoms with E-state index in [0.29, 0.717) is 6.04 Å². The van der Waals surface area contributed by atoms with Gasteiger partial charge in [-0.1, -0.05) is 65.6 Å². The average Bonchev–Trinajstić information content (AvgIpc) is 3.23. The average molecular weight is 463 g/mol. The van der Waals surface area contributed by atoms with E-state index in [2.05, 4.69) is 64.1 Å². The number of aromatic nitrogens is 1. The molecule has 0 radical (unpaired) electrons. The Hall–Kier alpha value is -2.90. The number of aliphatic imine (C=N–C) groups is 1. The Balaban J connectivity index is 1.16. The highest BCUT2D eigenvalue weighted by atomic mass is 32.2. The van der Waals surface area contributed by atoms with E-state index >= 15 is 0 Å². The monoisotopic (exact) mass is 462 g/mol. The number of fused-ring (bicyclic) bond motifs is 1. The van der Waals surface area contributed by atoms with Crippen molar-refractivity contribution < 1.29 is 4.39 Å². The molecular formula is C25H23FN4S2. The number of rotatable bonds is 6. The van der Waals surface area contributed by atoms with E-state index in [1.54, 1.807) is 17.8 Å². The lowest BCUT2D eigenvalue weighted by atomic mass is 10.1. The van der Waals surface area contributed by atoms with E-state index in [9.17, 15) is 4.39 Å². The fraction of sp³-hybridized carbons (Fsp3) is 0.200. The zero-order valence-corrected chi connectivity index (χ0v) is 19.1. The zero-order chi connectivity index (χ0) is 21.8. The van der Waals surface area contributed by atoms with Crippen LogP contribution in [0, 0.1) is 5.82 Å².